The maximum atomic E-state index is 5.49. The number of rotatable bonds is 3. The van der Waals surface area contributed by atoms with Crippen LogP contribution in [0.25, 0.3) is 10.2 Å². The van der Waals surface area contributed by atoms with Gasteiger partial charge in [0.05, 0.1) is 25.1 Å². The number of morpholine rings is 1. The summed E-state index contributed by atoms with van der Waals surface area (Å²) in [7, 11) is 0. The third-order valence-electron chi connectivity index (χ3n) is 6.14. The Labute approximate surface area is 159 Å². The van der Waals surface area contributed by atoms with Gasteiger partial charge in [0, 0.05) is 30.6 Å². The van der Waals surface area contributed by atoms with E-state index < -0.39 is 0 Å². The summed E-state index contributed by atoms with van der Waals surface area (Å²) in [5.41, 5.74) is 1.55. The number of nitrogens with zero attached hydrogens (tertiary/aromatic N) is 4. The number of ether oxygens (including phenoxy) is 1. The number of hydrogen-bond donors (Lipinski definition) is 0. The van der Waals surface area contributed by atoms with Crippen LogP contribution < -0.4 is 4.90 Å². The van der Waals surface area contributed by atoms with Crippen molar-refractivity contribution in [3.05, 3.63) is 16.3 Å². The summed E-state index contributed by atoms with van der Waals surface area (Å²) in [5, 5.41) is 1.38. The Balaban J connectivity index is 1.57. The van der Waals surface area contributed by atoms with E-state index in [4.69, 9.17) is 14.7 Å². The molecule has 5 nitrogen and oxygen atoms in total. The van der Waals surface area contributed by atoms with Gasteiger partial charge in [0.25, 0.3) is 0 Å². The summed E-state index contributed by atoms with van der Waals surface area (Å²) in [6.07, 6.45) is 7.62. The van der Waals surface area contributed by atoms with Gasteiger partial charge in [-0.15, -0.1) is 11.3 Å². The molecule has 2 fully saturated rings. The summed E-state index contributed by atoms with van der Waals surface area (Å²) in [4.78, 5) is 17.9. The highest BCUT2D eigenvalue weighted by molar-refractivity contribution is 7.19. The van der Waals surface area contributed by atoms with Crippen LogP contribution in [0.15, 0.2) is 0 Å². The highest BCUT2D eigenvalue weighted by Crippen LogP contribution is 2.41. The average molecular weight is 373 g/mol. The van der Waals surface area contributed by atoms with Crippen molar-refractivity contribution in [3.8, 4) is 0 Å². The van der Waals surface area contributed by atoms with Gasteiger partial charge < -0.3 is 9.64 Å². The van der Waals surface area contributed by atoms with Gasteiger partial charge in [0.1, 0.15) is 16.5 Å². The first kappa shape index (κ1) is 16.9. The van der Waals surface area contributed by atoms with E-state index in [2.05, 4.69) is 16.7 Å². The molecule has 2 aliphatic heterocycles. The van der Waals surface area contributed by atoms with Crippen LogP contribution in [0.4, 0.5) is 5.82 Å². The van der Waals surface area contributed by atoms with E-state index >= 15 is 0 Å². The van der Waals surface area contributed by atoms with Gasteiger partial charge in [-0.3, -0.25) is 4.90 Å². The summed E-state index contributed by atoms with van der Waals surface area (Å²) < 4.78 is 5.49. The minimum atomic E-state index is 0.579. The molecule has 5 rings (SSSR count). The lowest BCUT2D eigenvalue weighted by Gasteiger charge is -2.35. The molecule has 1 atom stereocenters. The molecule has 0 N–H and O–H groups in total. The summed E-state index contributed by atoms with van der Waals surface area (Å²) >= 11 is 1.92. The smallest absolute Gasteiger partial charge is 0.146 e. The molecule has 0 bridgehead atoms. The van der Waals surface area contributed by atoms with E-state index in [9.17, 15) is 0 Å². The van der Waals surface area contributed by atoms with Crippen LogP contribution in [0.3, 0.4) is 0 Å². The number of thiophene rings is 1. The van der Waals surface area contributed by atoms with Crippen molar-refractivity contribution in [1.29, 1.82) is 0 Å². The lowest BCUT2D eigenvalue weighted by molar-refractivity contribution is 0.0331. The molecule has 26 heavy (non-hydrogen) atoms. The highest BCUT2D eigenvalue weighted by Gasteiger charge is 2.28. The second kappa shape index (κ2) is 7.06. The molecule has 1 aliphatic carbocycles. The minimum absolute atomic E-state index is 0.579. The van der Waals surface area contributed by atoms with Crippen molar-refractivity contribution in [2.75, 3.05) is 37.7 Å². The first-order valence-corrected chi connectivity index (χ1v) is 11.0. The average Bonchev–Trinajstić information content (AvgIpc) is 3.23. The zero-order valence-corrected chi connectivity index (χ0v) is 16.5. The molecule has 2 saturated heterocycles. The Morgan fingerprint density at radius 3 is 2.81 bits per heavy atom. The number of fused-ring (bicyclic) bond motifs is 3. The molecular formula is C20H28N4OS. The lowest BCUT2D eigenvalue weighted by atomic mass is 10.0. The van der Waals surface area contributed by atoms with Crippen LogP contribution in [0.1, 0.15) is 48.9 Å². The number of aromatic nitrogens is 2. The fraction of sp³-hybridized carbons (Fsp3) is 0.700. The van der Waals surface area contributed by atoms with E-state index in [1.165, 1.54) is 54.6 Å². The highest BCUT2D eigenvalue weighted by atomic mass is 32.1. The van der Waals surface area contributed by atoms with Crippen LogP contribution >= 0.6 is 11.3 Å². The zero-order valence-electron chi connectivity index (χ0n) is 15.7. The van der Waals surface area contributed by atoms with Gasteiger partial charge in [0.2, 0.25) is 0 Å². The quantitative estimate of drug-likeness (QED) is 0.826. The molecular weight excluding hydrogens is 344 g/mol. The van der Waals surface area contributed by atoms with Crippen LogP contribution in [0.5, 0.6) is 0 Å². The van der Waals surface area contributed by atoms with Crippen molar-refractivity contribution in [2.45, 2.75) is 58.0 Å². The zero-order chi connectivity index (χ0) is 17.5. The third kappa shape index (κ3) is 3.02. The maximum Gasteiger partial charge on any atom is 0.146 e. The molecule has 0 saturated carbocycles. The molecule has 2 aromatic rings. The van der Waals surface area contributed by atoms with E-state index in [1.807, 2.05) is 11.3 Å². The number of hydrogen-bond acceptors (Lipinski definition) is 6. The molecule has 0 radical (unpaired) electrons. The predicted molar refractivity (Wildman–Crippen MR) is 106 cm³/mol. The van der Waals surface area contributed by atoms with Gasteiger partial charge in [-0.2, -0.15) is 0 Å². The second-order valence-corrected chi connectivity index (χ2v) is 9.01. The molecule has 140 valence electrons. The van der Waals surface area contributed by atoms with Gasteiger partial charge in [-0.05, 0) is 51.0 Å². The number of piperidine rings is 1. The Morgan fingerprint density at radius 1 is 1.08 bits per heavy atom. The van der Waals surface area contributed by atoms with Gasteiger partial charge in [-0.1, -0.05) is 0 Å². The van der Waals surface area contributed by atoms with Crippen molar-refractivity contribution in [3.63, 3.8) is 0 Å². The van der Waals surface area contributed by atoms with E-state index in [0.29, 0.717) is 6.04 Å². The Kier molecular flexibility index (Phi) is 4.59. The first-order chi connectivity index (χ1) is 12.8. The monoisotopic (exact) mass is 372 g/mol. The lowest BCUT2D eigenvalue weighted by Crippen LogP contribution is -2.39. The molecule has 4 heterocycles. The minimum Gasteiger partial charge on any atom is -0.379 e. The normalized spacial score (nSPS) is 24.3. The van der Waals surface area contributed by atoms with Crippen LogP contribution in [-0.2, 0) is 24.1 Å². The SMILES string of the molecule is C[C@@H]1CCCCN1c1nc(CN2CCOCC2)nc2sc3c(c12)CCC3. The maximum absolute atomic E-state index is 5.49. The molecule has 2 aromatic heterocycles. The second-order valence-electron chi connectivity index (χ2n) is 7.93. The van der Waals surface area contributed by atoms with E-state index in [1.54, 1.807) is 10.4 Å². The number of aryl methyl sites for hydroxylation is 2. The van der Waals surface area contributed by atoms with Gasteiger partial charge in [0.15, 0.2) is 0 Å². The Bertz CT molecular complexity index is 799. The first-order valence-electron chi connectivity index (χ1n) is 10.2. The Hall–Kier alpha value is -1.24. The molecule has 0 unspecified atom stereocenters. The predicted octanol–water partition coefficient (Wildman–Crippen LogP) is 3.39. The van der Waals surface area contributed by atoms with Crippen molar-refractivity contribution >= 4 is 27.4 Å². The molecule has 6 heteroatoms. The topological polar surface area (TPSA) is 41.5 Å². The van der Waals surface area contributed by atoms with Crippen molar-refractivity contribution in [1.82, 2.24) is 14.9 Å². The number of anilines is 1. The van der Waals surface area contributed by atoms with Gasteiger partial charge in [-0.25, -0.2) is 9.97 Å². The van der Waals surface area contributed by atoms with Crippen LogP contribution in [0.2, 0.25) is 0 Å². The van der Waals surface area contributed by atoms with Crippen LogP contribution in [-0.4, -0.2) is 53.8 Å². The van der Waals surface area contributed by atoms with E-state index in [-0.39, 0.29) is 0 Å². The summed E-state index contributed by atoms with van der Waals surface area (Å²) in [6.45, 7) is 7.96. The molecule has 0 amide bonds. The molecule has 0 spiro atoms. The largest absolute Gasteiger partial charge is 0.379 e. The van der Waals surface area contributed by atoms with E-state index in [0.717, 1.165) is 45.2 Å². The standard InChI is InChI=1S/C20H28N4OS/c1-14-5-2-3-8-24(14)19-18-15-6-4-7-16(15)26-20(18)22-17(21-19)13-23-9-11-25-12-10-23/h14H,2-13H2,1H3/t14-/m1/s1. The molecule has 0 aromatic carbocycles. The summed E-state index contributed by atoms with van der Waals surface area (Å²) in [6, 6.07) is 0.579. The fourth-order valence-corrected chi connectivity index (χ4v) is 5.94. The van der Waals surface area contributed by atoms with Gasteiger partial charge >= 0.3 is 0 Å². The molecule has 3 aliphatic rings. The summed E-state index contributed by atoms with van der Waals surface area (Å²) in [5.74, 6) is 2.22. The fourth-order valence-electron chi connectivity index (χ4n) is 4.67. The van der Waals surface area contributed by atoms with Crippen LogP contribution in [0, 0.1) is 0 Å². The van der Waals surface area contributed by atoms with Crippen molar-refractivity contribution < 1.29 is 4.74 Å². The Morgan fingerprint density at radius 2 is 1.96 bits per heavy atom. The van der Waals surface area contributed by atoms with Crippen molar-refractivity contribution in [2.24, 2.45) is 0 Å². The third-order valence-corrected chi connectivity index (χ3v) is 7.32.